The van der Waals surface area contributed by atoms with Crippen LogP contribution < -0.4 is 19.7 Å². The van der Waals surface area contributed by atoms with Gasteiger partial charge < -0.3 is 14.8 Å². The molecule has 3 aromatic rings. The van der Waals surface area contributed by atoms with Crippen LogP contribution in [0.1, 0.15) is 20.7 Å². The van der Waals surface area contributed by atoms with E-state index in [9.17, 15) is 14.4 Å². The molecule has 4 rings (SSSR count). The third-order valence-electron chi connectivity index (χ3n) is 4.75. The van der Waals surface area contributed by atoms with E-state index in [1.807, 2.05) is 0 Å². The number of methoxy groups -OCH3 is 1. The van der Waals surface area contributed by atoms with Crippen LogP contribution in [-0.4, -0.2) is 31.4 Å². The van der Waals surface area contributed by atoms with Crippen LogP contribution in [0.4, 0.5) is 11.4 Å². The minimum atomic E-state index is -0.438. The molecule has 32 heavy (non-hydrogen) atoms. The van der Waals surface area contributed by atoms with Crippen molar-refractivity contribution >= 4 is 52.3 Å². The largest absolute Gasteiger partial charge is 0.494 e. The van der Waals surface area contributed by atoms with Gasteiger partial charge in [0.15, 0.2) is 6.61 Å². The highest BCUT2D eigenvalue weighted by Crippen LogP contribution is 2.36. The Balaban J connectivity index is 1.49. The SMILES string of the molecule is COc1cc(NC(=O)COc2ccc(Cl)cc2Cl)ccc1N1C(=O)c2ccccc2C1=O. The van der Waals surface area contributed by atoms with Crippen LogP contribution in [-0.2, 0) is 4.79 Å². The topological polar surface area (TPSA) is 84.9 Å². The molecule has 0 saturated carbocycles. The zero-order chi connectivity index (χ0) is 22.8. The molecule has 0 atom stereocenters. The maximum absolute atomic E-state index is 12.8. The summed E-state index contributed by atoms with van der Waals surface area (Å²) in [5.74, 6) is -0.738. The highest BCUT2D eigenvalue weighted by Gasteiger charge is 2.37. The van der Waals surface area contributed by atoms with E-state index in [1.54, 1.807) is 42.5 Å². The predicted molar refractivity (Wildman–Crippen MR) is 121 cm³/mol. The summed E-state index contributed by atoms with van der Waals surface area (Å²) in [6.45, 7) is -0.288. The number of benzene rings is 3. The number of carbonyl (C=O) groups is 3. The first-order valence-corrected chi connectivity index (χ1v) is 10.2. The van der Waals surface area contributed by atoms with E-state index in [-0.39, 0.29) is 23.1 Å². The fourth-order valence-electron chi connectivity index (χ4n) is 3.28. The predicted octanol–water partition coefficient (Wildman–Crippen LogP) is 4.82. The van der Waals surface area contributed by atoms with Gasteiger partial charge >= 0.3 is 0 Å². The summed E-state index contributed by atoms with van der Waals surface area (Å²) in [5, 5.41) is 3.42. The summed E-state index contributed by atoms with van der Waals surface area (Å²) < 4.78 is 10.8. The van der Waals surface area contributed by atoms with Crippen molar-refractivity contribution in [2.45, 2.75) is 0 Å². The summed E-state index contributed by atoms with van der Waals surface area (Å²) >= 11 is 11.9. The Bertz CT molecular complexity index is 1210. The third-order valence-corrected chi connectivity index (χ3v) is 5.28. The number of halogens is 2. The molecule has 0 aromatic heterocycles. The summed E-state index contributed by atoms with van der Waals surface area (Å²) in [6.07, 6.45) is 0. The van der Waals surface area contributed by atoms with E-state index in [2.05, 4.69) is 5.32 Å². The van der Waals surface area contributed by atoms with E-state index in [1.165, 1.54) is 25.3 Å². The summed E-state index contributed by atoms with van der Waals surface area (Å²) in [5.41, 5.74) is 1.34. The van der Waals surface area contributed by atoms with Crippen molar-refractivity contribution in [2.24, 2.45) is 0 Å². The van der Waals surface area contributed by atoms with Crippen LogP contribution in [0.2, 0.25) is 10.0 Å². The minimum absolute atomic E-state index is 0.249. The number of nitrogens with zero attached hydrogens (tertiary/aromatic N) is 1. The molecule has 1 heterocycles. The molecule has 0 spiro atoms. The molecule has 0 unspecified atom stereocenters. The normalized spacial score (nSPS) is 12.5. The van der Waals surface area contributed by atoms with E-state index in [0.717, 1.165) is 4.90 Å². The van der Waals surface area contributed by atoms with Crippen molar-refractivity contribution in [1.82, 2.24) is 0 Å². The molecule has 7 nitrogen and oxygen atoms in total. The molecule has 9 heteroatoms. The molecule has 1 N–H and O–H groups in total. The van der Waals surface area contributed by atoms with Crippen molar-refractivity contribution in [1.29, 1.82) is 0 Å². The zero-order valence-corrected chi connectivity index (χ0v) is 18.2. The van der Waals surface area contributed by atoms with Crippen molar-refractivity contribution in [3.05, 3.63) is 81.8 Å². The lowest BCUT2D eigenvalue weighted by Crippen LogP contribution is -2.29. The smallest absolute Gasteiger partial charge is 0.266 e. The van der Waals surface area contributed by atoms with Crippen molar-refractivity contribution in [2.75, 3.05) is 23.9 Å². The number of nitrogens with one attached hydrogen (secondary N) is 1. The lowest BCUT2D eigenvalue weighted by Gasteiger charge is -2.18. The first-order chi connectivity index (χ1) is 15.4. The number of hydrogen-bond acceptors (Lipinski definition) is 5. The lowest BCUT2D eigenvalue weighted by atomic mass is 10.1. The molecular weight excluding hydrogens is 455 g/mol. The van der Waals surface area contributed by atoms with Crippen molar-refractivity contribution < 1.29 is 23.9 Å². The minimum Gasteiger partial charge on any atom is -0.494 e. The third kappa shape index (κ3) is 4.12. The molecule has 0 bridgehead atoms. The number of rotatable bonds is 6. The van der Waals surface area contributed by atoms with Crippen LogP contribution in [0.25, 0.3) is 0 Å². The Kier molecular flexibility index (Phi) is 6.03. The van der Waals surface area contributed by atoms with E-state index in [4.69, 9.17) is 32.7 Å². The monoisotopic (exact) mass is 470 g/mol. The fraction of sp³-hybridized carbons (Fsp3) is 0.0870. The van der Waals surface area contributed by atoms with Gasteiger partial charge in [-0.25, -0.2) is 4.90 Å². The second-order valence-corrected chi connectivity index (χ2v) is 7.63. The van der Waals surface area contributed by atoms with Crippen molar-refractivity contribution in [3.8, 4) is 11.5 Å². The maximum Gasteiger partial charge on any atom is 0.266 e. The molecule has 0 saturated heterocycles. The Labute approximate surface area is 193 Å². The summed E-state index contributed by atoms with van der Waals surface area (Å²) in [7, 11) is 1.41. The van der Waals surface area contributed by atoms with Gasteiger partial charge in [-0.15, -0.1) is 0 Å². The van der Waals surface area contributed by atoms with Crippen LogP contribution in [0.3, 0.4) is 0 Å². The van der Waals surface area contributed by atoms with Gasteiger partial charge in [-0.1, -0.05) is 35.3 Å². The van der Waals surface area contributed by atoms with Gasteiger partial charge in [-0.3, -0.25) is 14.4 Å². The molecule has 3 amide bonds. The average molecular weight is 471 g/mol. The van der Waals surface area contributed by atoms with Crippen LogP contribution in [0.5, 0.6) is 11.5 Å². The Morgan fingerprint density at radius 3 is 2.25 bits per heavy atom. The highest BCUT2D eigenvalue weighted by atomic mass is 35.5. The van der Waals surface area contributed by atoms with Gasteiger partial charge in [-0.05, 0) is 42.5 Å². The first kappa shape index (κ1) is 21.7. The molecule has 1 aliphatic heterocycles. The van der Waals surface area contributed by atoms with Gasteiger partial charge in [0.25, 0.3) is 17.7 Å². The number of fused-ring (bicyclic) bond motifs is 1. The maximum atomic E-state index is 12.8. The zero-order valence-electron chi connectivity index (χ0n) is 16.7. The Morgan fingerprint density at radius 2 is 1.62 bits per heavy atom. The van der Waals surface area contributed by atoms with Crippen LogP contribution in [0.15, 0.2) is 60.7 Å². The fourth-order valence-corrected chi connectivity index (χ4v) is 3.74. The Hall–Kier alpha value is -3.55. The molecule has 0 aliphatic carbocycles. The number of carbonyl (C=O) groups excluding carboxylic acids is 3. The second kappa shape index (κ2) is 8.90. The van der Waals surface area contributed by atoms with Gasteiger partial charge in [0.05, 0.1) is 28.9 Å². The average Bonchev–Trinajstić information content (AvgIpc) is 3.03. The van der Waals surface area contributed by atoms with Gasteiger partial charge in [0.1, 0.15) is 11.5 Å². The summed E-state index contributed by atoms with van der Waals surface area (Å²) in [6, 6.07) is 15.9. The molecule has 1 aliphatic rings. The van der Waals surface area contributed by atoms with Crippen LogP contribution in [0, 0.1) is 0 Å². The Morgan fingerprint density at radius 1 is 0.938 bits per heavy atom. The van der Waals surface area contributed by atoms with E-state index < -0.39 is 17.7 Å². The summed E-state index contributed by atoms with van der Waals surface area (Å²) in [4.78, 5) is 38.9. The standard InChI is InChI=1S/C23H16Cl2N2O5/c1-31-20-11-14(26-21(28)12-32-19-9-6-13(24)10-17(19)25)7-8-18(20)27-22(29)15-4-2-3-5-16(15)23(27)30/h2-11H,12H2,1H3,(H,26,28). The quantitative estimate of drug-likeness (QED) is 0.522. The van der Waals surface area contributed by atoms with Gasteiger partial charge in [0, 0.05) is 16.8 Å². The molecule has 0 radical (unpaired) electrons. The van der Waals surface area contributed by atoms with Crippen LogP contribution >= 0.6 is 23.2 Å². The number of ether oxygens (including phenoxy) is 2. The highest BCUT2D eigenvalue weighted by molar-refractivity contribution is 6.36. The van der Waals surface area contributed by atoms with Gasteiger partial charge in [-0.2, -0.15) is 0 Å². The van der Waals surface area contributed by atoms with Gasteiger partial charge in [0.2, 0.25) is 0 Å². The van der Waals surface area contributed by atoms with E-state index >= 15 is 0 Å². The number of hydrogen-bond donors (Lipinski definition) is 1. The molecular formula is C23H16Cl2N2O5. The first-order valence-electron chi connectivity index (χ1n) is 9.42. The number of amides is 3. The number of anilines is 2. The lowest BCUT2D eigenvalue weighted by molar-refractivity contribution is -0.118. The van der Waals surface area contributed by atoms with E-state index in [0.29, 0.717) is 27.6 Å². The molecule has 162 valence electrons. The van der Waals surface area contributed by atoms with Crippen molar-refractivity contribution in [3.63, 3.8) is 0 Å². The second-order valence-electron chi connectivity index (χ2n) is 6.79. The molecule has 0 fully saturated rings. The molecule has 3 aromatic carbocycles. The number of imide groups is 1.